The van der Waals surface area contributed by atoms with Crippen LogP contribution in [0.2, 0.25) is 5.02 Å². The summed E-state index contributed by atoms with van der Waals surface area (Å²) < 4.78 is 21.1. The molecular formula is C19H20ClFN4O. The van der Waals surface area contributed by atoms with Gasteiger partial charge in [-0.3, -0.25) is 0 Å². The second kappa shape index (κ2) is 6.96. The molecule has 0 spiro atoms. The van der Waals surface area contributed by atoms with Gasteiger partial charge in [0.05, 0.1) is 5.02 Å². The number of benzene rings is 2. The maximum absolute atomic E-state index is 13.1. The lowest BCUT2D eigenvalue weighted by atomic mass is 10.1. The Morgan fingerprint density at radius 3 is 2.46 bits per heavy atom. The van der Waals surface area contributed by atoms with Crippen LogP contribution in [0.1, 0.15) is 26.6 Å². The minimum Gasteiger partial charge on any atom is -0.480 e. The van der Waals surface area contributed by atoms with E-state index in [0.29, 0.717) is 34.7 Å². The second-order valence-electron chi connectivity index (χ2n) is 6.40. The summed E-state index contributed by atoms with van der Waals surface area (Å²) >= 11 is 6.33. The number of hydrogen-bond acceptors (Lipinski definition) is 4. The number of rotatable bonds is 5. The van der Waals surface area contributed by atoms with Gasteiger partial charge in [-0.25, -0.2) is 4.39 Å². The molecule has 2 N–H and O–H groups in total. The lowest BCUT2D eigenvalue weighted by Crippen LogP contribution is -2.29. The number of halogens is 2. The standard InChI is InChI=1S/C19H20ClFN4O/c1-4-25-17(15-10-7-13(22)11-16(15)20)23-24-18(25)19(2,3)26-14-8-5-12(21)6-9-14/h5-11H,4,22H2,1-3H3. The molecule has 0 fully saturated rings. The molecule has 26 heavy (non-hydrogen) atoms. The zero-order valence-electron chi connectivity index (χ0n) is 14.8. The number of nitrogens with zero attached hydrogens (tertiary/aromatic N) is 3. The van der Waals surface area contributed by atoms with Gasteiger partial charge in [-0.15, -0.1) is 10.2 Å². The molecule has 0 saturated carbocycles. The van der Waals surface area contributed by atoms with Crippen LogP contribution in [0.5, 0.6) is 5.75 Å². The number of aromatic nitrogens is 3. The van der Waals surface area contributed by atoms with E-state index >= 15 is 0 Å². The fourth-order valence-corrected chi connectivity index (χ4v) is 3.08. The summed E-state index contributed by atoms with van der Waals surface area (Å²) in [6, 6.07) is 11.2. The Bertz CT molecular complexity index is 922. The molecule has 1 aromatic heterocycles. The van der Waals surface area contributed by atoms with Crippen LogP contribution in [-0.2, 0) is 12.1 Å². The molecule has 0 saturated heterocycles. The molecule has 0 aliphatic rings. The van der Waals surface area contributed by atoms with Crippen molar-refractivity contribution in [1.82, 2.24) is 14.8 Å². The Balaban J connectivity index is 2.00. The average molecular weight is 375 g/mol. The first-order valence-electron chi connectivity index (χ1n) is 8.25. The molecule has 3 rings (SSSR count). The highest BCUT2D eigenvalue weighted by molar-refractivity contribution is 6.33. The molecule has 0 radical (unpaired) electrons. The number of nitrogen functional groups attached to an aromatic ring is 1. The number of ether oxygens (including phenoxy) is 1. The van der Waals surface area contributed by atoms with E-state index in [-0.39, 0.29) is 5.82 Å². The van der Waals surface area contributed by atoms with Gasteiger partial charge in [0.15, 0.2) is 17.2 Å². The zero-order chi connectivity index (χ0) is 18.9. The fraction of sp³-hybridized carbons (Fsp3) is 0.263. The van der Waals surface area contributed by atoms with Crippen LogP contribution in [0.25, 0.3) is 11.4 Å². The van der Waals surface area contributed by atoms with E-state index < -0.39 is 5.60 Å². The van der Waals surface area contributed by atoms with Crippen molar-refractivity contribution in [2.24, 2.45) is 0 Å². The highest BCUT2D eigenvalue weighted by Crippen LogP contribution is 2.33. The van der Waals surface area contributed by atoms with Crippen molar-refractivity contribution in [3.05, 3.63) is 59.1 Å². The van der Waals surface area contributed by atoms with Crippen molar-refractivity contribution in [3.63, 3.8) is 0 Å². The number of anilines is 1. The van der Waals surface area contributed by atoms with E-state index in [1.165, 1.54) is 12.1 Å². The van der Waals surface area contributed by atoms with Crippen molar-refractivity contribution in [2.75, 3.05) is 5.73 Å². The molecule has 0 aliphatic heterocycles. The SMILES string of the molecule is CCn1c(-c2ccc(N)cc2Cl)nnc1C(C)(C)Oc1ccc(F)cc1. The summed E-state index contributed by atoms with van der Waals surface area (Å²) in [5.41, 5.74) is 6.33. The smallest absolute Gasteiger partial charge is 0.177 e. The summed E-state index contributed by atoms with van der Waals surface area (Å²) in [6.07, 6.45) is 0. The van der Waals surface area contributed by atoms with Crippen LogP contribution in [0.3, 0.4) is 0 Å². The van der Waals surface area contributed by atoms with Crippen molar-refractivity contribution < 1.29 is 9.13 Å². The maximum atomic E-state index is 13.1. The highest BCUT2D eigenvalue weighted by atomic mass is 35.5. The van der Waals surface area contributed by atoms with Gasteiger partial charge in [-0.2, -0.15) is 0 Å². The Morgan fingerprint density at radius 2 is 1.85 bits per heavy atom. The van der Waals surface area contributed by atoms with Crippen molar-refractivity contribution >= 4 is 17.3 Å². The average Bonchev–Trinajstić information content (AvgIpc) is 3.01. The van der Waals surface area contributed by atoms with Crippen LogP contribution in [0, 0.1) is 5.82 Å². The van der Waals surface area contributed by atoms with Gasteiger partial charge >= 0.3 is 0 Å². The predicted molar refractivity (Wildman–Crippen MR) is 101 cm³/mol. The lowest BCUT2D eigenvalue weighted by Gasteiger charge is -2.26. The van der Waals surface area contributed by atoms with Crippen molar-refractivity contribution in [3.8, 4) is 17.1 Å². The topological polar surface area (TPSA) is 66.0 Å². The quantitative estimate of drug-likeness (QED) is 0.660. The van der Waals surface area contributed by atoms with Crippen LogP contribution >= 0.6 is 11.6 Å². The first-order chi connectivity index (χ1) is 12.3. The third-order valence-corrected chi connectivity index (χ3v) is 4.34. The third-order valence-electron chi connectivity index (χ3n) is 4.03. The molecule has 0 unspecified atom stereocenters. The third kappa shape index (κ3) is 3.51. The van der Waals surface area contributed by atoms with Gasteiger partial charge < -0.3 is 15.0 Å². The minimum absolute atomic E-state index is 0.313. The van der Waals surface area contributed by atoms with Gasteiger partial charge in [-0.05, 0) is 63.2 Å². The molecular weight excluding hydrogens is 355 g/mol. The molecule has 0 atom stereocenters. The number of hydrogen-bond donors (Lipinski definition) is 1. The van der Waals surface area contributed by atoms with Crippen molar-refractivity contribution in [1.29, 1.82) is 0 Å². The van der Waals surface area contributed by atoms with Gasteiger partial charge in [0.2, 0.25) is 0 Å². The van der Waals surface area contributed by atoms with Gasteiger partial charge in [0.25, 0.3) is 0 Å². The van der Waals surface area contributed by atoms with E-state index in [2.05, 4.69) is 10.2 Å². The Hall–Kier alpha value is -2.60. The van der Waals surface area contributed by atoms with E-state index in [1.54, 1.807) is 24.3 Å². The fourth-order valence-electron chi connectivity index (χ4n) is 2.80. The number of nitrogens with two attached hydrogens (primary N) is 1. The Kier molecular flexibility index (Phi) is 4.87. The molecule has 136 valence electrons. The van der Waals surface area contributed by atoms with E-state index in [9.17, 15) is 4.39 Å². The van der Waals surface area contributed by atoms with Crippen LogP contribution in [-0.4, -0.2) is 14.8 Å². The lowest BCUT2D eigenvalue weighted by molar-refractivity contribution is 0.0939. The van der Waals surface area contributed by atoms with Crippen LogP contribution in [0.15, 0.2) is 42.5 Å². The Morgan fingerprint density at radius 1 is 1.15 bits per heavy atom. The van der Waals surface area contributed by atoms with E-state index in [0.717, 1.165) is 5.56 Å². The molecule has 5 nitrogen and oxygen atoms in total. The Labute approximate surface area is 156 Å². The van der Waals surface area contributed by atoms with Crippen molar-refractivity contribution in [2.45, 2.75) is 32.9 Å². The van der Waals surface area contributed by atoms with Crippen LogP contribution in [0.4, 0.5) is 10.1 Å². The maximum Gasteiger partial charge on any atom is 0.177 e. The largest absolute Gasteiger partial charge is 0.480 e. The molecule has 0 bridgehead atoms. The molecule has 7 heteroatoms. The summed E-state index contributed by atoms with van der Waals surface area (Å²) in [5.74, 6) is 1.52. The zero-order valence-corrected chi connectivity index (χ0v) is 15.6. The summed E-state index contributed by atoms with van der Waals surface area (Å²) in [4.78, 5) is 0. The second-order valence-corrected chi connectivity index (χ2v) is 6.80. The first-order valence-corrected chi connectivity index (χ1v) is 8.63. The van der Waals surface area contributed by atoms with Gasteiger partial charge in [0, 0.05) is 17.8 Å². The summed E-state index contributed by atoms with van der Waals surface area (Å²) in [5, 5.41) is 9.16. The first kappa shape index (κ1) is 18.2. The van der Waals surface area contributed by atoms with Gasteiger partial charge in [0.1, 0.15) is 11.6 Å². The van der Waals surface area contributed by atoms with E-state index in [4.69, 9.17) is 22.1 Å². The van der Waals surface area contributed by atoms with Crippen LogP contribution < -0.4 is 10.5 Å². The molecule has 2 aromatic carbocycles. The normalized spacial score (nSPS) is 11.6. The summed E-state index contributed by atoms with van der Waals surface area (Å²) in [7, 11) is 0. The molecule has 1 heterocycles. The molecule has 0 amide bonds. The minimum atomic E-state index is -0.778. The monoisotopic (exact) mass is 374 g/mol. The van der Waals surface area contributed by atoms with Gasteiger partial charge in [-0.1, -0.05) is 11.6 Å². The summed E-state index contributed by atoms with van der Waals surface area (Å²) in [6.45, 7) is 6.41. The molecule has 0 aliphatic carbocycles. The molecule has 3 aromatic rings. The highest BCUT2D eigenvalue weighted by Gasteiger charge is 2.31. The predicted octanol–water partition coefficient (Wildman–Crippen LogP) is 4.65. The van der Waals surface area contributed by atoms with E-state index in [1.807, 2.05) is 31.4 Å².